The molecule has 0 aromatic carbocycles. The number of carbonyl (C=O) groups is 6. The molecule has 0 radical (unpaired) electrons. The lowest BCUT2D eigenvalue weighted by atomic mass is 10.3. The topological polar surface area (TPSA) is 401 Å². The predicted molar refractivity (Wildman–Crippen MR) is 289 cm³/mol. The summed E-state index contributed by atoms with van der Waals surface area (Å²) in [6.45, 7) is 5.07. The molecule has 29 heteroatoms. The molecule has 12 heterocycles. The first-order chi connectivity index (χ1) is 35.4. The largest absolute Gasteiger partial charge is 0.519 e. The van der Waals surface area contributed by atoms with E-state index in [-0.39, 0.29) is 106 Å². The number of rotatable bonds is 8. The van der Waals surface area contributed by atoms with E-state index in [1.165, 1.54) is 49.3 Å². The van der Waals surface area contributed by atoms with Crippen LogP contribution in [-0.2, 0) is 41.4 Å². The minimum Gasteiger partial charge on any atom is -0.477 e. The summed E-state index contributed by atoms with van der Waals surface area (Å²) in [5.41, 5.74) is 5.30. The van der Waals surface area contributed by atoms with Gasteiger partial charge < -0.3 is 93.9 Å². The Bertz CT molecular complexity index is 3470. The number of H-pyrrole nitrogens is 4. The number of fused-ring (bicyclic) bond motifs is 4. The number of hydrogen-bond acceptors (Lipinski definition) is 22. The number of carboxylic acids is 2. The molecule has 0 saturated carbocycles. The highest BCUT2D eigenvalue weighted by Crippen LogP contribution is 2.20. The number of ether oxygens (including phenoxy) is 6. The number of esters is 2. The molecule has 6 N–H and O–H groups in total. The van der Waals surface area contributed by atoms with Gasteiger partial charge in [-0.25, -0.2) is 38.4 Å². The average Bonchev–Trinajstić information content (AvgIpc) is 4.15. The second-order valence-corrected chi connectivity index (χ2v) is 15.0. The summed E-state index contributed by atoms with van der Waals surface area (Å²) in [6.07, 6.45) is 4.22. The molecule has 10 aromatic rings. The van der Waals surface area contributed by atoms with E-state index in [0.717, 1.165) is 0 Å². The number of carbonyl (C=O) groups excluding carboxylic acids is 4. The number of aromatic nitrogens is 4. The van der Waals surface area contributed by atoms with E-state index < -0.39 is 59.7 Å². The van der Waals surface area contributed by atoms with Crippen molar-refractivity contribution in [3.8, 4) is 0 Å². The minimum atomic E-state index is -0.996. The van der Waals surface area contributed by atoms with Crippen LogP contribution in [-0.4, -0.2) is 91.4 Å². The summed E-state index contributed by atoms with van der Waals surface area (Å²) >= 11 is 5.24. The van der Waals surface area contributed by atoms with E-state index in [2.05, 4.69) is 52.1 Å². The summed E-state index contributed by atoms with van der Waals surface area (Å²) in [5, 5.41) is 17.1. The molecule has 2 saturated heterocycles. The van der Waals surface area contributed by atoms with Gasteiger partial charge in [-0.05, 0) is 13.8 Å². The molecule has 12 rings (SSSR count). The Hall–Kier alpha value is -9.99. The van der Waals surface area contributed by atoms with Crippen molar-refractivity contribution in [2.45, 2.75) is 97.6 Å². The van der Waals surface area contributed by atoms with Gasteiger partial charge in [-0.3, -0.25) is 0 Å². The fraction of sp³-hybridized carbons (Fsp3) is 0.308. The van der Waals surface area contributed by atoms with Crippen LogP contribution in [0.15, 0.2) is 119 Å². The molecule has 444 valence electrons. The zero-order valence-corrected chi connectivity index (χ0v) is 38.9. The number of aromatic amines is 4. The van der Waals surface area contributed by atoms with Crippen LogP contribution in [0.25, 0.3) is 44.4 Å². The molecule has 0 amide bonds. The van der Waals surface area contributed by atoms with E-state index in [1.54, 1.807) is 38.1 Å². The Kier molecular flexibility index (Phi) is 28.1. The van der Waals surface area contributed by atoms with Gasteiger partial charge in [-0.1, -0.05) is 70.5 Å². The van der Waals surface area contributed by atoms with Crippen molar-refractivity contribution in [1.29, 1.82) is 0 Å². The lowest BCUT2D eigenvalue weighted by molar-refractivity contribution is -0.0468. The summed E-state index contributed by atoms with van der Waals surface area (Å²) in [4.78, 5) is 96.9. The van der Waals surface area contributed by atoms with Crippen molar-refractivity contribution in [3.05, 3.63) is 141 Å². The summed E-state index contributed by atoms with van der Waals surface area (Å²) < 4.78 is 66.2. The van der Waals surface area contributed by atoms with E-state index in [4.69, 9.17) is 53.4 Å². The molecule has 2 aliphatic heterocycles. The number of aromatic carboxylic acids is 2. The van der Waals surface area contributed by atoms with Crippen molar-refractivity contribution in [2.75, 3.05) is 13.2 Å². The first-order valence-electron chi connectivity index (χ1n) is 21.0. The summed E-state index contributed by atoms with van der Waals surface area (Å²) in [6, 6.07) is 12.7. The molecule has 28 nitrogen and oxygen atoms in total. The standard InChI is InChI=1S/C12H9NO6.C10H7NO6.2C7H5NO3.C6H8O3.C3H3ClO3.7CH4/c1-6-10(19-12(15)18-6)5-17-11(14)8-4-9-7(13-8)2-3-16-9;12-9(16-8-4-15-10(13)17-8)6-3-7-5(11-6)1-2-14-7;2*9-7(10)5-3-6-4(8-5)1-2-11-6;1-3-5-4(2)8-6(7)9-5;4-2-1-6-3(5)7-2;;;;;;;/h2-4,13H,5H2,1H3;1-3,8,11H,4H2;2*1-3,8H,(H,9,10);3H2,1-2H3;2H,1H2;7*1H4. The smallest absolute Gasteiger partial charge is 0.477 e. The van der Waals surface area contributed by atoms with E-state index in [1.807, 2.05) is 6.92 Å². The van der Waals surface area contributed by atoms with Crippen LogP contribution in [0.1, 0.15) is 124 Å². The Morgan fingerprint density at radius 1 is 0.543 bits per heavy atom. The Labute approximate surface area is 465 Å². The van der Waals surface area contributed by atoms with Gasteiger partial charge in [0, 0.05) is 55.0 Å². The third-order valence-electron chi connectivity index (χ3n) is 9.55. The molecule has 0 spiro atoms. The summed E-state index contributed by atoms with van der Waals surface area (Å²) in [7, 11) is 0. The Morgan fingerprint density at radius 3 is 1.21 bits per heavy atom. The molecule has 2 unspecified atom stereocenters. The van der Waals surface area contributed by atoms with Crippen molar-refractivity contribution in [2.24, 2.45) is 0 Å². The summed E-state index contributed by atoms with van der Waals surface area (Å²) in [5.74, 6) is -2.89. The van der Waals surface area contributed by atoms with Gasteiger partial charge in [0.1, 0.15) is 40.9 Å². The van der Waals surface area contributed by atoms with E-state index >= 15 is 0 Å². The molecule has 2 aliphatic rings. The normalized spacial score (nSPS) is 13.1. The first kappa shape index (κ1) is 71.0. The van der Waals surface area contributed by atoms with E-state index in [9.17, 15) is 38.4 Å². The van der Waals surface area contributed by atoms with Crippen molar-refractivity contribution in [1.82, 2.24) is 19.9 Å². The Morgan fingerprint density at radius 2 is 0.914 bits per heavy atom. The second kappa shape index (κ2) is 32.0. The molecular weight excluding hydrogens is 1100 g/mol. The van der Waals surface area contributed by atoms with Crippen molar-refractivity contribution in [3.63, 3.8) is 0 Å². The average molecular weight is 1170 g/mol. The zero-order chi connectivity index (χ0) is 53.1. The monoisotopic (exact) mass is 1160 g/mol. The second-order valence-electron chi connectivity index (χ2n) is 14.5. The van der Waals surface area contributed by atoms with Gasteiger partial charge in [0.2, 0.25) is 5.56 Å². The maximum atomic E-state index is 11.8. The first-order valence-corrected chi connectivity index (χ1v) is 21.5. The number of hydrogen-bond donors (Lipinski definition) is 6. The minimum absolute atomic E-state index is 0. The van der Waals surface area contributed by atoms with Gasteiger partial charge >= 0.3 is 47.8 Å². The van der Waals surface area contributed by atoms with Crippen LogP contribution in [0, 0.1) is 13.8 Å². The number of cyclic esters (lactones) is 4. The fourth-order valence-corrected chi connectivity index (χ4v) is 6.25. The predicted octanol–water partition coefficient (Wildman–Crippen LogP) is 12.6. The number of nitrogens with one attached hydrogen (secondary N) is 4. The third-order valence-corrected chi connectivity index (χ3v) is 9.76. The lowest BCUT2D eigenvalue weighted by Crippen LogP contribution is -2.20. The maximum absolute atomic E-state index is 11.8. The lowest BCUT2D eigenvalue weighted by Gasteiger charge is -2.06. The highest BCUT2D eigenvalue weighted by molar-refractivity contribution is 6.20. The molecular formula is C52H65ClN4O24. The molecule has 0 bridgehead atoms. The van der Waals surface area contributed by atoms with Crippen molar-refractivity contribution < 1.29 is 103 Å². The molecule has 81 heavy (non-hydrogen) atoms. The number of furan rings is 4. The van der Waals surface area contributed by atoms with Crippen molar-refractivity contribution >= 4 is 92.2 Å². The third kappa shape index (κ3) is 18.9. The fourth-order valence-electron chi connectivity index (χ4n) is 6.11. The molecule has 2 atom stereocenters. The van der Waals surface area contributed by atoms with Gasteiger partial charge in [-0.2, -0.15) is 0 Å². The quantitative estimate of drug-likeness (QED) is 0.0467. The number of aryl methyl sites for hydroxylation is 3. The molecule has 2 fully saturated rings. The number of alkyl halides is 1. The van der Waals surface area contributed by atoms with Crippen LogP contribution in [0.3, 0.4) is 0 Å². The Balaban J connectivity index is 0.000000958. The van der Waals surface area contributed by atoms with Crippen LogP contribution in [0.4, 0.5) is 9.59 Å². The van der Waals surface area contributed by atoms with E-state index in [0.29, 0.717) is 62.3 Å². The number of halogens is 1. The van der Waals surface area contributed by atoms with Crippen LogP contribution >= 0.6 is 11.6 Å². The van der Waals surface area contributed by atoms with Gasteiger partial charge in [0.05, 0.1) is 47.1 Å². The maximum Gasteiger partial charge on any atom is 0.519 e. The van der Waals surface area contributed by atoms with Crippen LogP contribution < -0.4 is 11.6 Å². The van der Waals surface area contributed by atoms with Gasteiger partial charge in [0.15, 0.2) is 47.1 Å². The highest BCUT2D eigenvalue weighted by atomic mass is 35.5. The molecule has 10 aromatic heterocycles. The molecule has 0 aliphatic carbocycles. The van der Waals surface area contributed by atoms with Gasteiger partial charge in [-0.15, -0.1) is 0 Å². The van der Waals surface area contributed by atoms with Crippen LogP contribution in [0.5, 0.6) is 0 Å². The highest BCUT2D eigenvalue weighted by Gasteiger charge is 2.29. The number of carboxylic acid groups (broad SMARTS) is 2. The zero-order valence-electron chi connectivity index (χ0n) is 38.2. The van der Waals surface area contributed by atoms with Gasteiger partial charge in [0.25, 0.3) is 6.29 Å². The van der Waals surface area contributed by atoms with Crippen LogP contribution in [0.2, 0.25) is 0 Å². The SMILES string of the molecule is C.C.C.C.C.C.C.CCc1oc(=O)oc1C.Cc1oc(=O)oc1COC(=O)c1cc2occc2[nH]1.O=C(O)c1cc2occc2[nH]1.O=C(O)c1cc2occc2[nH]1.O=C1OCC(Cl)O1.O=C1OCC(OC(=O)c2cc3occc3[nH]2)O1.